The summed E-state index contributed by atoms with van der Waals surface area (Å²) in [7, 11) is 0. The van der Waals surface area contributed by atoms with Crippen molar-refractivity contribution in [3.05, 3.63) is 106 Å². The zero-order valence-corrected chi connectivity index (χ0v) is 17.8. The van der Waals surface area contributed by atoms with Gasteiger partial charge in [-0.3, -0.25) is 0 Å². The number of unbranched alkanes of at least 4 members (excludes halogenated alkanes) is 1. The summed E-state index contributed by atoms with van der Waals surface area (Å²) in [5.74, 6) is 0.798. The second kappa shape index (κ2) is 9.46. The predicted octanol–water partition coefficient (Wildman–Crippen LogP) is 7.94. The van der Waals surface area contributed by atoms with Gasteiger partial charge in [0.1, 0.15) is 17.5 Å². The van der Waals surface area contributed by atoms with E-state index < -0.39 is 34.6 Å². The van der Waals surface area contributed by atoms with Crippen LogP contribution in [0.1, 0.15) is 36.5 Å². The summed E-state index contributed by atoms with van der Waals surface area (Å²) in [4.78, 5) is 0. The summed E-state index contributed by atoms with van der Waals surface area (Å²) in [6, 6.07) is 13.5. The van der Waals surface area contributed by atoms with Crippen molar-refractivity contribution in [1.29, 1.82) is 0 Å². The van der Waals surface area contributed by atoms with Gasteiger partial charge in [-0.05, 0) is 65.8 Å². The van der Waals surface area contributed by atoms with Crippen LogP contribution in [0.5, 0.6) is 0 Å². The third-order valence-corrected chi connectivity index (χ3v) is 5.44. The topological polar surface area (TPSA) is 0 Å². The Morgan fingerprint density at radius 2 is 1.45 bits per heavy atom. The van der Waals surface area contributed by atoms with E-state index in [9.17, 15) is 22.0 Å². The molecule has 0 aliphatic carbocycles. The molecular weight excluding hydrogens is 431 g/mol. The number of benzene rings is 4. The first-order chi connectivity index (χ1) is 15.9. The molecule has 0 saturated carbocycles. The maximum atomic E-state index is 14.7. The fourth-order valence-corrected chi connectivity index (χ4v) is 3.65. The van der Waals surface area contributed by atoms with Crippen LogP contribution < -0.4 is 0 Å². The zero-order valence-electron chi connectivity index (χ0n) is 17.8. The Balaban J connectivity index is 1.65. The number of halogens is 5. The fraction of sp³-hybridized carbons (Fsp3) is 0.143. The van der Waals surface area contributed by atoms with Crippen molar-refractivity contribution in [2.45, 2.75) is 26.2 Å². The molecule has 0 bridgehead atoms. The molecule has 0 aliphatic heterocycles. The SMILES string of the molecule is CCCCc1ccc(-c2cc(F)c(C#Cc3ccc4c(F)c(F)ccc4c3)c(F)c2)c(F)c1. The maximum Gasteiger partial charge on any atom is 0.166 e. The molecule has 0 amide bonds. The van der Waals surface area contributed by atoms with Crippen molar-refractivity contribution in [3.63, 3.8) is 0 Å². The Hall–Kier alpha value is -3.65. The Morgan fingerprint density at radius 1 is 0.697 bits per heavy atom. The second-order valence-electron chi connectivity index (χ2n) is 7.78. The first kappa shape index (κ1) is 22.5. The quantitative estimate of drug-likeness (QED) is 0.219. The Kier molecular flexibility index (Phi) is 6.46. The lowest BCUT2D eigenvalue weighted by molar-refractivity contribution is 0.517. The summed E-state index contributed by atoms with van der Waals surface area (Å²) >= 11 is 0. The summed E-state index contributed by atoms with van der Waals surface area (Å²) in [5.41, 5.74) is 0.948. The average molecular weight is 450 g/mol. The molecule has 33 heavy (non-hydrogen) atoms. The van der Waals surface area contributed by atoms with Gasteiger partial charge >= 0.3 is 0 Å². The van der Waals surface area contributed by atoms with E-state index in [4.69, 9.17) is 0 Å². The van der Waals surface area contributed by atoms with E-state index in [1.165, 1.54) is 36.4 Å². The van der Waals surface area contributed by atoms with Crippen LogP contribution in [0.25, 0.3) is 21.9 Å². The van der Waals surface area contributed by atoms with Crippen LogP contribution in [0.3, 0.4) is 0 Å². The molecule has 0 N–H and O–H groups in total. The monoisotopic (exact) mass is 450 g/mol. The second-order valence-corrected chi connectivity index (χ2v) is 7.78. The molecule has 166 valence electrons. The standard InChI is InChI=1S/C28H19F5/c1-2-3-4-17-5-9-21(25(30)14-17)20-15-26(31)23(27(32)16-20)11-7-18-6-10-22-19(13-18)8-12-24(29)28(22)33/h5-6,8-10,12-16H,2-4H2,1H3. The van der Waals surface area contributed by atoms with E-state index in [1.54, 1.807) is 6.07 Å². The summed E-state index contributed by atoms with van der Waals surface area (Å²) in [6.07, 6.45) is 2.65. The van der Waals surface area contributed by atoms with Gasteiger partial charge in [0.2, 0.25) is 0 Å². The van der Waals surface area contributed by atoms with Gasteiger partial charge < -0.3 is 0 Å². The zero-order chi connectivity index (χ0) is 23.5. The molecule has 0 spiro atoms. The molecule has 4 aromatic carbocycles. The van der Waals surface area contributed by atoms with Crippen LogP contribution in [-0.4, -0.2) is 0 Å². The first-order valence-corrected chi connectivity index (χ1v) is 10.5. The number of aryl methyl sites for hydroxylation is 1. The molecule has 0 fully saturated rings. The molecule has 0 nitrogen and oxygen atoms in total. The van der Waals surface area contributed by atoms with Crippen molar-refractivity contribution < 1.29 is 22.0 Å². The molecular formula is C28H19F5. The highest BCUT2D eigenvalue weighted by Gasteiger charge is 2.14. The summed E-state index contributed by atoms with van der Waals surface area (Å²) in [6.45, 7) is 2.04. The first-order valence-electron chi connectivity index (χ1n) is 10.5. The predicted molar refractivity (Wildman–Crippen MR) is 120 cm³/mol. The minimum absolute atomic E-state index is 0.0818. The third-order valence-electron chi connectivity index (χ3n) is 5.44. The van der Waals surface area contributed by atoms with Gasteiger partial charge in [0, 0.05) is 16.5 Å². The Bertz CT molecular complexity index is 1390. The highest BCUT2D eigenvalue weighted by atomic mass is 19.2. The van der Waals surface area contributed by atoms with Crippen LogP contribution in [0.15, 0.2) is 60.7 Å². The van der Waals surface area contributed by atoms with Crippen LogP contribution in [-0.2, 0) is 6.42 Å². The number of hydrogen-bond acceptors (Lipinski definition) is 0. The molecule has 0 heterocycles. The lowest BCUT2D eigenvalue weighted by atomic mass is 9.99. The van der Waals surface area contributed by atoms with E-state index >= 15 is 0 Å². The molecule has 5 heteroatoms. The maximum absolute atomic E-state index is 14.7. The Morgan fingerprint density at radius 3 is 2.15 bits per heavy atom. The molecule has 0 aromatic heterocycles. The van der Waals surface area contributed by atoms with E-state index in [0.717, 1.165) is 43.0 Å². The van der Waals surface area contributed by atoms with E-state index in [1.807, 2.05) is 6.92 Å². The lowest BCUT2D eigenvalue weighted by Gasteiger charge is -2.08. The summed E-state index contributed by atoms with van der Waals surface area (Å²) < 4.78 is 71.1. The van der Waals surface area contributed by atoms with Gasteiger partial charge in [-0.2, -0.15) is 0 Å². The third kappa shape index (κ3) is 4.75. The molecule has 0 atom stereocenters. The minimum atomic E-state index is -0.967. The Labute approximate surface area is 188 Å². The minimum Gasteiger partial charge on any atom is -0.206 e. The fourth-order valence-electron chi connectivity index (χ4n) is 3.65. The molecule has 4 aromatic rings. The summed E-state index contributed by atoms with van der Waals surface area (Å²) in [5, 5.41) is 0.500. The normalized spacial score (nSPS) is 10.8. The molecule has 0 radical (unpaired) electrons. The van der Waals surface area contributed by atoms with Gasteiger partial charge in [0.05, 0.1) is 5.56 Å². The van der Waals surface area contributed by atoms with Gasteiger partial charge in [-0.15, -0.1) is 0 Å². The van der Waals surface area contributed by atoms with Crippen LogP contribution in [0, 0.1) is 40.9 Å². The average Bonchev–Trinajstić information content (AvgIpc) is 2.79. The number of hydrogen-bond donors (Lipinski definition) is 0. The van der Waals surface area contributed by atoms with E-state index in [2.05, 4.69) is 11.8 Å². The van der Waals surface area contributed by atoms with Crippen molar-refractivity contribution in [2.75, 3.05) is 0 Å². The molecule has 0 unspecified atom stereocenters. The van der Waals surface area contributed by atoms with Crippen LogP contribution >= 0.6 is 0 Å². The van der Waals surface area contributed by atoms with Crippen LogP contribution in [0.2, 0.25) is 0 Å². The van der Waals surface area contributed by atoms with Gasteiger partial charge in [-0.1, -0.05) is 49.5 Å². The molecule has 4 rings (SSSR count). The van der Waals surface area contributed by atoms with Crippen molar-refractivity contribution >= 4 is 10.8 Å². The smallest absolute Gasteiger partial charge is 0.166 e. The van der Waals surface area contributed by atoms with Crippen molar-refractivity contribution in [1.82, 2.24) is 0 Å². The van der Waals surface area contributed by atoms with E-state index in [-0.39, 0.29) is 16.5 Å². The van der Waals surface area contributed by atoms with Crippen molar-refractivity contribution in [3.8, 4) is 23.0 Å². The van der Waals surface area contributed by atoms with Gasteiger partial charge in [0.15, 0.2) is 11.6 Å². The van der Waals surface area contributed by atoms with Gasteiger partial charge in [-0.25, -0.2) is 22.0 Å². The molecule has 0 saturated heterocycles. The largest absolute Gasteiger partial charge is 0.206 e. The highest BCUT2D eigenvalue weighted by molar-refractivity contribution is 5.84. The van der Waals surface area contributed by atoms with E-state index in [0.29, 0.717) is 10.9 Å². The van der Waals surface area contributed by atoms with Gasteiger partial charge in [0.25, 0.3) is 0 Å². The van der Waals surface area contributed by atoms with Crippen molar-refractivity contribution in [2.24, 2.45) is 0 Å². The number of fused-ring (bicyclic) bond motifs is 1. The van der Waals surface area contributed by atoms with Crippen LogP contribution in [0.4, 0.5) is 22.0 Å². The lowest BCUT2D eigenvalue weighted by Crippen LogP contribution is -1.95. The number of rotatable bonds is 4. The molecule has 0 aliphatic rings. The highest BCUT2D eigenvalue weighted by Crippen LogP contribution is 2.28.